The number of amides is 2. The van der Waals surface area contributed by atoms with Gasteiger partial charge in [0.1, 0.15) is 11.6 Å². The summed E-state index contributed by atoms with van der Waals surface area (Å²) in [5.74, 6) is -2.26. The molecule has 4 rings (SSSR count). The second-order valence-electron chi connectivity index (χ2n) is 7.11. The largest absolute Gasteiger partial charge is 0.322 e. The summed E-state index contributed by atoms with van der Waals surface area (Å²) >= 11 is 0. The van der Waals surface area contributed by atoms with Gasteiger partial charge in [-0.25, -0.2) is 8.78 Å². The maximum Gasteiger partial charge on any atom is 0.259 e. The van der Waals surface area contributed by atoms with Crippen LogP contribution in [0.2, 0.25) is 0 Å². The number of anilines is 2. The Hall–Kier alpha value is -4.07. The molecule has 0 radical (unpaired) electrons. The fourth-order valence-electron chi connectivity index (χ4n) is 3.21. The van der Waals surface area contributed by atoms with E-state index >= 15 is 0 Å². The number of aryl methyl sites for hydroxylation is 2. The van der Waals surface area contributed by atoms with Gasteiger partial charge in [-0.05, 0) is 55.3 Å². The second kappa shape index (κ2) is 7.98. The lowest BCUT2D eigenvalue weighted by molar-refractivity contribution is 0.101. The van der Waals surface area contributed by atoms with E-state index in [1.807, 2.05) is 0 Å². The molecule has 2 amide bonds. The molecule has 0 aliphatic heterocycles. The van der Waals surface area contributed by atoms with Gasteiger partial charge in [-0.1, -0.05) is 24.3 Å². The molecule has 1 aromatic heterocycles. The molecule has 0 bridgehead atoms. The molecule has 0 aliphatic carbocycles. The van der Waals surface area contributed by atoms with Crippen LogP contribution in [-0.4, -0.2) is 22.0 Å². The highest BCUT2D eigenvalue weighted by atomic mass is 19.1. The van der Waals surface area contributed by atoms with Crippen molar-refractivity contribution in [2.75, 3.05) is 10.6 Å². The van der Waals surface area contributed by atoms with Crippen LogP contribution < -0.4 is 10.6 Å². The highest BCUT2D eigenvalue weighted by molar-refractivity contribution is 6.09. The molecule has 0 atom stereocenters. The van der Waals surface area contributed by atoms with Gasteiger partial charge in [0.2, 0.25) is 0 Å². The van der Waals surface area contributed by atoms with Crippen LogP contribution in [0.3, 0.4) is 0 Å². The lowest BCUT2D eigenvalue weighted by Gasteiger charge is -2.08. The predicted octanol–water partition coefficient (Wildman–Crippen LogP) is 4.96. The molecular formula is C23H18F2N4O2. The van der Waals surface area contributed by atoms with Crippen molar-refractivity contribution < 1.29 is 18.4 Å². The van der Waals surface area contributed by atoms with Crippen molar-refractivity contribution in [3.05, 3.63) is 88.5 Å². The molecule has 8 heteroatoms. The number of rotatable bonds is 4. The fraction of sp³-hybridized carbons (Fsp3) is 0.0870. The smallest absolute Gasteiger partial charge is 0.259 e. The summed E-state index contributed by atoms with van der Waals surface area (Å²) in [7, 11) is 0. The number of benzene rings is 3. The summed E-state index contributed by atoms with van der Waals surface area (Å²) in [6, 6.07) is 14.0. The SMILES string of the molecule is Cc1cccc(C(=O)Nc2ccc3[nH]nc(NC(=O)c4cccc(C)c4F)c3c2)c1F. The van der Waals surface area contributed by atoms with Crippen LogP contribution in [0.1, 0.15) is 31.8 Å². The first-order valence-electron chi connectivity index (χ1n) is 9.46. The molecule has 0 fully saturated rings. The minimum Gasteiger partial charge on any atom is -0.322 e. The van der Waals surface area contributed by atoms with Crippen molar-refractivity contribution in [2.24, 2.45) is 0 Å². The normalized spacial score (nSPS) is 10.8. The van der Waals surface area contributed by atoms with E-state index in [0.29, 0.717) is 27.7 Å². The number of halogens is 2. The zero-order valence-electron chi connectivity index (χ0n) is 16.7. The Kier molecular flexibility index (Phi) is 5.21. The maximum atomic E-state index is 14.3. The van der Waals surface area contributed by atoms with Crippen molar-refractivity contribution in [1.82, 2.24) is 10.2 Å². The topological polar surface area (TPSA) is 86.9 Å². The van der Waals surface area contributed by atoms with E-state index in [0.717, 1.165) is 0 Å². The highest BCUT2D eigenvalue weighted by Gasteiger charge is 2.17. The fourth-order valence-corrected chi connectivity index (χ4v) is 3.21. The molecule has 0 spiro atoms. The zero-order chi connectivity index (χ0) is 22.1. The molecule has 0 saturated heterocycles. The van der Waals surface area contributed by atoms with E-state index in [2.05, 4.69) is 20.8 Å². The summed E-state index contributed by atoms with van der Waals surface area (Å²) < 4.78 is 28.5. The Morgan fingerprint density at radius 2 is 1.42 bits per heavy atom. The first-order valence-corrected chi connectivity index (χ1v) is 9.46. The maximum absolute atomic E-state index is 14.3. The molecule has 0 saturated carbocycles. The number of nitrogens with one attached hydrogen (secondary N) is 3. The van der Waals surface area contributed by atoms with E-state index in [1.54, 1.807) is 56.3 Å². The number of fused-ring (bicyclic) bond motifs is 1. The van der Waals surface area contributed by atoms with Gasteiger partial charge in [-0.2, -0.15) is 5.10 Å². The summed E-state index contributed by atoms with van der Waals surface area (Å²) in [6.45, 7) is 3.15. The van der Waals surface area contributed by atoms with Gasteiger partial charge in [0.15, 0.2) is 5.82 Å². The third-order valence-corrected chi connectivity index (χ3v) is 4.93. The number of nitrogens with zero attached hydrogens (tertiary/aromatic N) is 1. The molecule has 156 valence electrons. The molecule has 0 unspecified atom stereocenters. The quantitative estimate of drug-likeness (QED) is 0.436. The Bertz CT molecular complexity index is 1330. The molecule has 1 heterocycles. The van der Waals surface area contributed by atoms with Gasteiger partial charge < -0.3 is 10.6 Å². The molecule has 0 aliphatic rings. The highest BCUT2D eigenvalue weighted by Crippen LogP contribution is 2.26. The minimum absolute atomic E-state index is 0.0734. The van der Waals surface area contributed by atoms with Crippen molar-refractivity contribution >= 4 is 34.2 Å². The van der Waals surface area contributed by atoms with Gasteiger partial charge in [0.05, 0.1) is 16.6 Å². The van der Waals surface area contributed by atoms with E-state index in [9.17, 15) is 18.4 Å². The number of carbonyl (C=O) groups is 2. The third kappa shape index (κ3) is 3.87. The second-order valence-corrected chi connectivity index (χ2v) is 7.11. The number of aromatic nitrogens is 2. The summed E-state index contributed by atoms with van der Waals surface area (Å²) in [5, 5.41) is 12.6. The molecule has 4 aromatic rings. The molecular weight excluding hydrogens is 402 g/mol. The first kappa shape index (κ1) is 20.2. The molecule has 6 nitrogen and oxygen atoms in total. The van der Waals surface area contributed by atoms with Gasteiger partial charge in [-0.15, -0.1) is 0 Å². The number of hydrogen-bond acceptors (Lipinski definition) is 3. The van der Waals surface area contributed by atoms with Gasteiger partial charge >= 0.3 is 0 Å². The van der Waals surface area contributed by atoms with Crippen LogP contribution in [-0.2, 0) is 0 Å². The first-order chi connectivity index (χ1) is 14.8. The Morgan fingerprint density at radius 3 is 2.03 bits per heavy atom. The third-order valence-electron chi connectivity index (χ3n) is 4.93. The summed E-state index contributed by atoms with van der Waals surface area (Å²) in [6.07, 6.45) is 0. The van der Waals surface area contributed by atoms with Gasteiger partial charge in [0.25, 0.3) is 11.8 Å². The van der Waals surface area contributed by atoms with E-state index < -0.39 is 23.4 Å². The lowest BCUT2D eigenvalue weighted by atomic mass is 10.1. The number of aromatic amines is 1. The number of H-pyrrole nitrogens is 1. The van der Waals surface area contributed by atoms with Crippen LogP contribution in [0.15, 0.2) is 54.6 Å². The van der Waals surface area contributed by atoms with Gasteiger partial charge in [0, 0.05) is 11.1 Å². The Morgan fingerprint density at radius 1 is 0.839 bits per heavy atom. The monoisotopic (exact) mass is 420 g/mol. The van der Waals surface area contributed by atoms with Crippen LogP contribution in [0, 0.1) is 25.5 Å². The number of carbonyl (C=O) groups excluding carboxylic acids is 2. The predicted molar refractivity (Wildman–Crippen MR) is 114 cm³/mol. The minimum atomic E-state index is -0.647. The van der Waals surface area contributed by atoms with Crippen LogP contribution >= 0.6 is 0 Å². The number of hydrogen-bond donors (Lipinski definition) is 3. The molecule has 3 N–H and O–H groups in total. The lowest BCUT2D eigenvalue weighted by Crippen LogP contribution is -2.15. The molecule has 31 heavy (non-hydrogen) atoms. The summed E-state index contributed by atoms with van der Waals surface area (Å²) in [4.78, 5) is 25.0. The van der Waals surface area contributed by atoms with Crippen molar-refractivity contribution in [3.8, 4) is 0 Å². The van der Waals surface area contributed by atoms with Crippen molar-refractivity contribution in [2.45, 2.75) is 13.8 Å². The van der Waals surface area contributed by atoms with Crippen molar-refractivity contribution in [3.63, 3.8) is 0 Å². The van der Waals surface area contributed by atoms with Gasteiger partial charge in [-0.3, -0.25) is 14.7 Å². The zero-order valence-corrected chi connectivity index (χ0v) is 16.7. The van der Waals surface area contributed by atoms with Crippen LogP contribution in [0.4, 0.5) is 20.3 Å². The van der Waals surface area contributed by atoms with E-state index in [-0.39, 0.29) is 16.9 Å². The molecule has 3 aromatic carbocycles. The van der Waals surface area contributed by atoms with Crippen molar-refractivity contribution in [1.29, 1.82) is 0 Å². The Labute approximate surface area is 176 Å². The average Bonchev–Trinajstić information content (AvgIpc) is 3.14. The standard InChI is InChI=1S/C23H18F2N4O2/c1-12-5-3-7-15(19(12)24)22(30)26-14-9-10-18-17(11-14)21(29-28-18)27-23(31)16-8-4-6-13(2)20(16)25/h3-11H,1-2H3,(H,26,30)(H2,27,28,29,31). The van der Waals surface area contributed by atoms with E-state index in [1.165, 1.54) is 12.1 Å². The average molecular weight is 420 g/mol. The Balaban J connectivity index is 1.60. The van der Waals surface area contributed by atoms with Crippen LogP contribution in [0.5, 0.6) is 0 Å². The van der Waals surface area contributed by atoms with E-state index in [4.69, 9.17) is 0 Å². The summed E-state index contributed by atoms with van der Waals surface area (Å²) in [5.41, 5.74) is 1.53. The van der Waals surface area contributed by atoms with Crippen LogP contribution in [0.25, 0.3) is 10.9 Å².